The first-order chi connectivity index (χ1) is 9.78. The number of benzene rings is 1. The highest BCUT2D eigenvalue weighted by Crippen LogP contribution is 2.23. The maximum absolute atomic E-state index is 8.98. The fraction of sp³-hybridized carbons (Fsp3) is 0.333. The van der Waals surface area contributed by atoms with Crippen molar-refractivity contribution in [1.29, 1.82) is 5.26 Å². The minimum absolute atomic E-state index is 0.227. The van der Waals surface area contributed by atoms with E-state index in [2.05, 4.69) is 23.3 Å². The second-order valence-corrected chi connectivity index (χ2v) is 5.28. The minimum Gasteiger partial charge on any atom is -0.496 e. The molecule has 1 heterocycles. The van der Waals surface area contributed by atoms with E-state index in [1.807, 2.05) is 23.7 Å². The maximum Gasteiger partial charge on any atom is 0.123 e. The molecule has 1 aromatic carbocycles. The molecule has 0 saturated carbocycles. The smallest absolute Gasteiger partial charge is 0.123 e. The number of methoxy groups -OCH3 is 1. The largest absolute Gasteiger partial charge is 0.496 e. The van der Waals surface area contributed by atoms with Gasteiger partial charge < -0.3 is 10.1 Å². The van der Waals surface area contributed by atoms with E-state index in [1.165, 1.54) is 0 Å². The summed E-state index contributed by atoms with van der Waals surface area (Å²) < 4.78 is 5.34. The minimum atomic E-state index is 0.227. The van der Waals surface area contributed by atoms with E-state index in [-0.39, 0.29) is 6.04 Å². The monoisotopic (exact) mass is 287 g/mol. The van der Waals surface area contributed by atoms with Gasteiger partial charge in [0, 0.05) is 23.7 Å². The lowest BCUT2D eigenvalue weighted by molar-refractivity contribution is 0.404. The fourth-order valence-electron chi connectivity index (χ4n) is 2.03. The van der Waals surface area contributed by atoms with Crippen molar-refractivity contribution in [2.24, 2.45) is 0 Å². The molecule has 20 heavy (non-hydrogen) atoms. The molecule has 0 spiro atoms. The highest BCUT2D eigenvalue weighted by atomic mass is 32.1. The van der Waals surface area contributed by atoms with Gasteiger partial charge in [-0.1, -0.05) is 6.92 Å². The first-order valence-corrected chi connectivity index (χ1v) is 7.36. The van der Waals surface area contributed by atoms with Gasteiger partial charge in [0.1, 0.15) is 10.8 Å². The first-order valence-electron chi connectivity index (χ1n) is 6.48. The Bertz CT molecular complexity index is 590. The van der Waals surface area contributed by atoms with Crippen molar-refractivity contribution < 1.29 is 4.74 Å². The molecule has 104 valence electrons. The summed E-state index contributed by atoms with van der Waals surface area (Å²) in [6, 6.07) is 7.84. The number of ether oxygens (including phenoxy) is 1. The zero-order valence-electron chi connectivity index (χ0n) is 11.6. The van der Waals surface area contributed by atoms with Crippen LogP contribution in [0.5, 0.6) is 5.75 Å². The third kappa shape index (κ3) is 3.35. The molecule has 5 heteroatoms. The number of aromatic nitrogens is 1. The van der Waals surface area contributed by atoms with Crippen LogP contribution in [0.15, 0.2) is 29.8 Å². The highest BCUT2D eigenvalue weighted by molar-refractivity contribution is 7.09. The number of thiazole rings is 1. The first kappa shape index (κ1) is 14.5. The summed E-state index contributed by atoms with van der Waals surface area (Å²) in [6.45, 7) is 2.78. The molecule has 0 fully saturated rings. The molecular formula is C15H17N3OS. The molecule has 1 N–H and O–H groups in total. The molecule has 4 nitrogen and oxygen atoms in total. The van der Waals surface area contributed by atoms with Gasteiger partial charge in [-0.05, 0) is 24.6 Å². The van der Waals surface area contributed by atoms with E-state index in [0.717, 1.165) is 22.7 Å². The van der Waals surface area contributed by atoms with Crippen LogP contribution < -0.4 is 10.1 Å². The molecular weight excluding hydrogens is 270 g/mol. The third-order valence-corrected chi connectivity index (χ3v) is 4.00. The van der Waals surface area contributed by atoms with Crippen molar-refractivity contribution in [1.82, 2.24) is 10.3 Å². The molecule has 0 aliphatic carbocycles. The zero-order valence-corrected chi connectivity index (χ0v) is 12.4. The predicted molar refractivity (Wildman–Crippen MR) is 79.7 cm³/mol. The molecule has 0 aliphatic heterocycles. The molecule has 2 aromatic rings. The number of nitrogens with zero attached hydrogens (tertiary/aromatic N) is 2. The standard InChI is InChI=1S/C15H17N3OS/c1-3-13(15-17-6-7-20-15)18-10-12-8-11(9-16)4-5-14(12)19-2/h4-8,13,18H,3,10H2,1-2H3. The molecule has 1 atom stereocenters. The van der Waals surface area contributed by atoms with Gasteiger partial charge in [0.25, 0.3) is 0 Å². The van der Waals surface area contributed by atoms with Crippen molar-refractivity contribution in [3.05, 3.63) is 45.9 Å². The summed E-state index contributed by atoms with van der Waals surface area (Å²) in [5.41, 5.74) is 1.63. The van der Waals surface area contributed by atoms with Crippen LogP contribution in [-0.2, 0) is 6.54 Å². The molecule has 0 bridgehead atoms. The van der Waals surface area contributed by atoms with Crippen LogP contribution in [0.3, 0.4) is 0 Å². The van der Waals surface area contributed by atoms with Crippen molar-refractivity contribution >= 4 is 11.3 Å². The van der Waals surface area contributed by atoms with E-state index < -0.39 is 0 Å². The Morgan fingerprint density at radius 3 is 2.95 bits per heavy atom. The van der Waals surface area contributed by atoms with Crippen molar-refractivity contribution in [3.63, 3.8) is 0 Å². The molecule has 1 aromatic heterocycles. The molecule has 0 saturated heterocycles. The number of nitriles is 1. The van der Waals surface area contributed by atoms with Crippen LogP contribution in [0.4, 0.5) is 0 Å². The van der Waals surface area contributed by atoms with Gasteiger partial charge >= 0.3 is 0 Å². The van der Waals surface area contributed by atoms with E-state index in [9.17, 15) is 0 Å². The van der Waals surface area contributed by atoms with Gasteiger partial charge in [0.15, 0.2) is 0 Å². The Morgan fingerprint density at radius 1 is 1.50 bits per heavy atom. The summed E-state index contributed by atoms with van der Waals surface area (Å²) >= 11 is 1.65. The third-order valence-electron chi connectivity index (χ3n) is 3.11. The summed E-state index contributed by atoms with van der Waals surface area (Å²) in [5, 5.41) is 15.5. The summed E-state index contributed by atoms with van der Waals surface area (Å²) in [5.74, 6) is 0.797. The predicted octanol–water partition coefficient (Wildman–Crippen LogP) is 3.26. The summed E-state index contributed by atoms with van der Waals surface area (Å²) in [4.78, 5) is 4.35. The van der Waals surface area contributed by atoms with Crippen LogP contribution in [0.25, 0.3) is 0 Å². The SMILES string of the molecule is CCC(NCc1cc(C#N)ccc1OC)c1nccs1. The van der Waals surface area contributed by atoms with Crippen LogP contribution in [0.1, 0.15) is 35.5 Å². The van der Waals surface area contributed by atoms with E-state index in [4.69, 9.17) is 10.00 Å². The number of hydrogen-bond acceptors (Lipinski definition) is 5. The average molecular weight is 287 g/mol. The normalized spacial score (nSPS) is 11.8. The molecule has 1 unspecified atom stereocenters. The average Bonchev–Trinajstić information content (AvgIpc) is 3.02. The molecule has 0 aliphatic rings. The zero-order chi connectivity index (χ0) is 14.4. The van der Waals surface area contributed by atoms with Gasteiger partial charge in [-0.2, -0.15) is 5.26 Å². The summed E-state index contributed by atoms with van der Waals surface area (Å²) in [7, 11) is 1.64. The Morgan fingerprint density at radius 2 is 2.35 bits per heavy atom. The van der Waals surface area contributed by atoms with Crippen LogP contribution >= 0.6 is 11.3 Å². The molecule has 0 radical (unpaired) electrons. The molecule has 0 amide bonds. The molecule has 2 rings (SSSR count). The fourth-order valence-corrected chi connectivity index (χ4v) is 2.83. The van der Waals surface area contributed by atoms with Crippen LogP contribution in [0.2, 0.25) is 0 Å². The van der Waals surface area contributed by atoms with Crippen molar-refractivity contribution in [2.75, 3.05) is 7.11 Å². The number of nitrogens with one attached hydrogen (secondary N) is 1. The lowest BCUT2D eigenvalue weighted by atomic mass is 10.1. The van der Waals surface area contributed by atoms with Crippen molar-refractivity contribution in [2.45, 2.75) is 25.9 Å². The van der Waals surface area contributed by atoms with Gasteiger partial charge in [0.05, 0.1) is 24.8 Å². The Labute approximate surface area is 123 Å². The quantitative estimate of drug-likeness (QED) is 0.886. The lowest BCUT2D eigenvalue weighted by Crippen LogP contribution is -2.20. The van der Waals surface area contributed by atoms with E-state index in [1.54, 1.807) is 24.5 Å². The van der Waals surface area contributed by atoms with Gasteiger partial charge in [-0.25, -0.2) is 4.98 Å². The van der Waals surface area contributed by atoms with E-state index >= 15 is 0 Å². The topological polar surface area (TPSA) is 57.9 Å². The van der Waals surface area contributed by atoms with Crippen molar-refractivity contribution in [3.8, 4) is 11.8 Å². The Hall–Kier alpha value is -1.90. The highest BCUT2D eigenvalue weighted by Gasteiger charge is 2.12. The lowest BCUT2D eigenvalue weighted by Gasteiger charge is -2.16. The maximum atomic E-state index is 8.98. The number of rotatable bonds is 6. The van der Waals surface area contributed by atoms with Crippen LogP contribution in [-0.4, -0.2) is 12.1 Å². The second kappa shape index (κ2) is 7.04. The second-order valence-electron chi connectivity index (χ2n) is 4.35. The Balaban J connectivity index is 2.11. The van der Waals surface area contributed by atoms with Gasteiger partial charge in [-0.3, -0.25) is 0 Å². The van der Waals surface area contributed by atoms with Gasteiger partial charge in [0.2, 0.25) is 0 Å². The number of hydrogen-bond donors (Lipinski definition) is 1. The van der Waals surface area contributed by atoms with Crippen LogP contribution in [0, 0.1) is 11.3 Å². The summed E-state index contributed by atoms with van der Waals surface area (Å²) in [6.07, 6.45) is 2.79. The van der Waals surface area contributed by atoms with E-state index in [0.29, 0.717) is 12.1 Å². The Kier molecular flexibility index (Phi) is 5.10. The van der Waals surface area contributed by atoms with Gasteiger partial charge in [-0.15, -0.1) is 11.3 Å².